The molecule has 0 aromatic heterocycles. The van der Waals surface area contributed by atoms with Crippen molar-refractivity contribution in [3.8, 4) is 0 Å². The van der Waals surface area contributed by atoms with Crippen LogP contribution in [-0.2, 0) is 0 Å². The summed E-state index contributed by atoms with van der Waals surface area (Å²) in [7, 11) is 0. The Labute approximate surface area is 47.2 Å². The molecule has 0 radical (unpaired) electrons. The minimum Gasteiger partial charge on any atom is -0.166 e. The van der Waals surface area contributed by atoms with Crippen molar-refractivity contribution in [3.63, 3.8) is 0 Å². The highest BCUT2D eigenvalue weighted by molar-refractivity contribution is 6.68. The summed E-state index contributed by atoms with van der Waals surface area (Å²) < 4.78 is 0. The van der Waals surface area contributed by atoms with E-state index in [9.17, 15) is 0 Å². The molecule has 0 aliphatic rings. The van der Waals surface area contributed by atoms with E-state index < -0.39 is 0 Å². The Hall–Kier alpha value is -0.630. The quantitative estimate of drug-likeness (QED) is 0.385. The van der Waals surface area contributed by atoms with E-state index in [4.69, 9.17) is 11.6 Å². The SMILES string of the molecule is C=C/C(Cl)=N\N=C. The van der Waals surface area contributed by atoms with Gasteiger partial charge >= 0.3 is 0 Å². The first-order chi connectivity index (χ1) is 3.31. The fourth-order valence-electron chi connectivity index (χ4n) is 0.108. The van der Waals surface area contributed by atoms with Gasteiger partial charge in [0.2, 0.25) is 0 Å². The van der Waals surface area contributed by atoms with Gasteiger partial charge in [-0.1, -0.05) is 18.2 Å². The molecule has 0 rings (SSSR count). The number of hydrogen-bond donors (Lipinski definition) is 0. The van der Waals surface area contributed by atoms with Gasteiger partial charge < -0.3 is 0 Å². The highest BCUT2D eigenvalue weighted by Crippen LogP contribution is 1.84. The number of halogens is 1. The normalized spacial score (nSPS) is 10.7. The van der Waals surface area contributed by atoms with Gasteiger partial charge in [0.15, 0.2) is 5.17 Å². The van der Waals surface area contributed by atoms with Crippen molar-refractivity contribution < 1.29 is 0 Å². The topological polar surface area (TPSA) is 24.7 Å². The molecule has 0 saturated carbocycles. The van der Waals surface area contributed by atoms with E-state index in [0.29, 0.717) is 0 Å². The maximum Gasteiger partial charge on any atom is 0.151 e. The highest BCUT2D eigenvalue weighted by Gasteiger charge is 1.76. The Morgan fingerprint density at radius 1 is 1.71 bits per heavy atom. The highest BCUT2D eigenvalue weighted by atomic mass is 35.5. The zero-order valence-corrected chi connectivity index (χ0v) is 4.52. The lowest BCUT2D eigenvalue weighted by Gasteiger charge is -1.75. The van der Waals surface area contributed by atoms with Crippen molar-refractivity contribution in [2.75, 3.05) is 0 Å². The third-order valence-electron chi connectivity index (χ3n) is 0.335. The monoisotopic (exact) mass is 116 g/mol. The molecule has 0 aliphatic carbocycles. The van der Waals surface area contributed by atoms with Gasteiger partial charge in [0, 0.05) is 6.72 Å². The van der Waals surface area contributed by atoms with Crippen LogP contribution in [0.2, 0.25) is 0 Å². The third-order valence-corrected chi connectivity index (χ3v) is 0.565. The average Bonchev–Trinajstić information content (AvgIpc) is 1.68. The third kappa shape index (κ3) is 3.19. The van der Waals surface area contributed by atoms with Gasteiger partial charge in [0.25, 0.3) is 0 Å². The van der Waals surface area contributed by atoms with Gasteiger partial charge in [-0.2, -0.15) is 5.10 Å². The van der Waals surface area contributed by atoms with Crippen molar-refractivity contribution in [2.45, 2.75) is 0 Å². The predicted octanol–water partition coefficient (Wildman–Crippen LogP) is 1.43. The Balaban J connectivity index is 3.72. The molecule has 3 heteroatoms. The van der Waals surface area contributed by atoms with Crippen LogP contribution in [-0.4, -0.2) is 11.9 Å². The minimum atomic E-state index is 0.259. The van der Waals surface area contributed by atoms with Gasteiger partial charge in [-0.15, -0.1) is 5.10 Å². The van der Waals surface area contributed by atoms with E-state index >= 15 is 0 Å². The molecular formula is C4H5ClN2. The van der Waals surface area contributed by atoms with Gasteiger partial charge in [-0.3, -0.25) is 0 Å². The zero-order valence-electron chi connectivity index (χ0n) is 3.76. The maximum atomic E-state index is 5.26. The van der Waals surface area contributed by atoms with Crippen LogP contribution >= 0.6 is 11.6 Å². The number of hydrogen-bond acceptors (Lipinski definition) is 2. The summed E-state index contributed by atoms with van der Waals surface area (Å²) >= 11 is 5.26. The van der Waals surface area contributed by atoms with Crippen LogP contribution in [0.5, 0.6) is 0 Å². The molecule has 0 aromatic carbocycles. The predicted molar refractivity (Wildman–Crippen MR) is 33.0 cm³/mol. The first kappa shape index (κ1) is 6.37. The number of allylic oxidation sites excluding steroid dienone is 1. The van der Waals surface area contributed by atoms with E-state index in [-0.39, 0.29) is 5.17 Å². The van der Waals surface area contributed by atoms with E-state index in [1.54, 1.807) is 0 Å². The molecule has 0 fully saturated rings. The van der Waals surface area contributed by atoms with Crippen LogP contribution in [0.3, 0.4) is 0 Å². The first-order valence-electron chi connectivity index (χ1n) is 1.63. The zero-order chi connectivity index (χ0) is 5.70. The molecule has 0 spiro atoms. The van der Waals surface area contributed by atoms with Crippen LogP contribution in [0, 0.1) is 0 Å². The number of nitrogens with zero attached hydrogens (tertiary/aromatic N) is 2. The van der Waals surface area contributed by atoms with Crippen LogP contribution in [0.15, 0.2) is 22.9 Å². The molecular weight excluding hydrogens is 112 g/mol. The molecule has 38 valence electrons. The Morgan fingerprint density at radius 3 is 2.43 bits per heavy atom. The fourth-order valence-corrected chi connectivity index (χ4v) is 0.162. The van der Waals surface area contributed by atoms with E-state index in [1.807, 2.05) is 0 Å². The second-order valence-electron chi connectivity index (χ2n) is 0.768. The summed E-state index contributed by atoms with van der Waals surface area (Å²) in [5.74, 6) is 0. The lowest BCUT2D eigenvalue weighted by molar-refractivity contribution is 1.28. The van der Waals surface area contributed by atoms with Crippen molar-refractivity contribution in [3.05, 3.63) is 12.7 Å². The molecule has 0 saturated heterocycles. The Kier molecular flexibility index (Phi) is 3.24. The summed E-state index contributed by atoms with van der Waals surface area (Å²) in [6.07, 6.45) is 1.39. The Morgan fingerprint density at radius 2 is 2.29 bits per heavy atom. The smallest absolute Gasteiger partial charge is 0.151 e. The van der Waals surface area contributed by atoms with Crippen molar-refractivity contribution in [1.82, 2.24) is 0 Å². The molecule has 2 nitrogen and oxygen atoms in total. The van der Waals surface area contributed by atoms with Crippen LogP contribution in [0.4, 0.5) is 0 Å². The van der Waals surface area contributed by atoms with Gasteiger partial charge in [0.1, 0.15) is 0 Å². The van der Waals surface area contributed by atoms with Gasteiger partial charge in [0.05, 0.1) is 0 Å². The molecule has 0 amide bonds. The van der Waals surface area contributed by atoms with Crippen LogP contribution < -0.4 is 0 Å². The van der Waals surface area contributed by atoms with E-state index in [2.05, 4.69) is 23.5 Å². The summed E-state index contributed by atoms with van der Waals surface area (Å²) in [5.41, 5.74) is 0. The van der Waals surface area contributed by atoms with Crippen molar-refractivity contribution in [1.29, 1.82) is 0 Å². The molecule has 0 aliphatic heterocycles. The number of rotatable bonds is 2. The molecule has 0 unspecified atom stereocenters. The van der Waals surface area contributed by atoms with Crippen LogP contribution in [0.1, 0.15) is 0 Å². The largest absolute Gasteiger partial charge is 0.166 e. The molecule has 0 N–H and O–H groups in total. The first-order valence-corrected chi connectivity index (χ1v) is 2.00. The average molecular weight is 117 g/mol. The fraction of sp³-hybridized carbons (Fsp3) is 0. The molecule has 0 aromatic rings. The van der Waals surface area contributed by atoms with Gasteiger partial charge in [-0.05, 0) is 6.08 Å². The van der Waals surface area contributed by atoms with Crippen molar-refractivity contribution >= 4 is 23.5 Å². The second kappa shape index (κ2) is 3.56. The minimum absolute atomic E-state index is 0.259. The molecule has 0 heterocycles. The summed E-state index contributed by atoms with van der Waals surface area (Å²) in [5, 5.41) is 6.72. The summed E-state index contributed by atoms with van der Waals surface area (Å²) in [4.78, 5) is 0. The summed E-state index contributed by atoms with van der Waals surface area (Å²) in [6.45, 7) is 6.41. The summed E-state index contributed by atoms with van der Waals surface area (Å²) in [6, 6.07) is 0. The maximum absolute atomic E-state index is 5.26. The second-order valence-corrected chi connectivity index (χ2v) is 1.16. The van der Waals surface area contributed by atoms with E-state index in [0.717, 1.165) is 0 Å². The van der Waals surface area contributed by atoms with Crippen LogP contribution in [0.25, 0.3) is 0 Å². The molecule has 0 bridgehead atoms. The standard InChI is InChI=1S/C4H5ClN2/c1-3-4(5)7-6-2/h3H,1-2H2/b7-4+. The van der Waals surface area contributed by atoms with E-state index in [1.165, 1.54) is 6.08 Å². The van der Waals surface area contributed by atoms with Gasteiger partial charge in [-0.25, -0.2) is 0 Å². The van der Waals surface area contributed by atoms with Crippen molar-refractivity contribution in [2.24, 2.45) is 10.2 Å². The Bertz CT molecular complexity index is 106. The molecule has 7 heavy (non-hydrogen) atoms. The lowest BCUT2D eigenvalue weighted by Crippen LogP contribution is -1.71. The lowest BCUT2D eigenvalue weighted by atomic mass is 10.7. The molecule has 0 atom stereocenters.